The summed E-state index contributed by atoms with van der Waals surface area (Å²) in [6.07, 6.45) is 2.47. The number of carbonyl (C=O) groups is 2. The number of H-pyrrole nitrogens is 1. The van der Waals surface area contributed by atoms with Crippen molar-refractivity contribution in [1.29, 1.82) is 5.26 Å². The Morgan fingerprint density at radius 1 is 1.35 bits per heavy atom. The second kappa shape index (κ2) is 7.85. The van der Waals surface area contributed by atoms with Crippen molar-refractivity contribution in [2.45, 2.75) is 62.4 Å². The highest BCUT2D eigenvalue weighted by atomic mass is 16.2. The van der Waals surface area contributed by atoms with E-state index in [2.05, 4.69) is 31.6 Å². The summed E-state index contributed by atoms with van der Waals surface area (Å²) in [5.41, 5.74) is 8.17. The molecule has 3 N–H and O–H groups in total. The Labute approximate surface area is 196 Å². The molecular weight excluding hydrogens is 434 g/mol. The van der Waals surface area contributed by atoms with Gasteiger partial charge in [-0.25, -0.2) is 0 Å². The normalized spacial score (nSPS) is 31.4. The summed E-state index contributed by atoms with van der Waals surface area (Å²) >= 11 is 0. The molecular formula is C23H27N9O2. The Kier molecular flexibility index (Phi) is 4.89. The number of aromatic amines is 1. The van der Waals surface area contributed by atoms with Crippen LogP contribution in [0.15, 0.2) is 24.3 Å². The van der Waals surface area contributed by atoms with E-state index in [1.165, 1.54) is 0 Å². The van der Waals surface area contributed by atoms with Gasteiger partial charge in [-0.3, -0.25) is 14.5 Å². The molecule has 2 bridgehead atoms. The number of amides is 2. The summed E-state index contributed by atoms with van der Waals surface area (Å²) in [5.74, 6) is 0.892. The van der Waals surface area contributed by atoms with Gasteiger partial charge in [0.2, 0.25) is 17.6 Å². The van der Waals surface area contributed by atoms with Crippen LogP contribution in [0.1, 0.15) is 37.8 Å². The number of carbonyl (C=O) groups excluding carboxylic acids is 2. The lowest BCUT2D eigenvalue weighted by Crippen LogP contribution is -2.57. The minimum atomic E-state index is -0.722. The molecule has 1 unspecified atom stereocenters. The van der Waals surface area contributed by atoms with Crippen molar-refractivity contribution in [2.75, 3.05) is 13.1 Å². The Hall–Kier alpha value is -3.36. The fraction of sp³-hybridized carbons (Fsp3) is 0.565. The Balaban J connectivity index is 1.12. The maximum absolute atomic E-state index is 13.3. The first kappa shape index (κ1) is 21.2. The molecule has 11 heteroatoms. The van der Waals surface area contributed by atoms with Gasteiger partial charge in [0.25, 0.3) is 0 Å². The van der Waals surface area contributed by atoms with Crippen molar-refractivity contribution in [3.8, 4) is 17.5 Å². The van der Waals surface area contributed by atoms with Crippen LogP contribution in [0, 0.1) is 17.2 Å². The van der Waals surface area contributed by atoms with Gasteiger partial charge >= 0.3 is 0 Å². The Morgan fingerprint density at radius 2 is 2.21 bits per heavy atom. The standard InChI is InChI=1S/C23H27N9O2/c1-12(13-3-2-4-14(5-13)21-26-28-29-27-21)31-17-8-20(23(31)34)30(10-17)11-18(25)22(33)32-16(9-24)6-15-7-19(15)32/h2-5,12,15-20H,6-8,10-11,25H2,1H3,(H,26,27,28,29)/t12-,15?,16-,17+,18-,19-,20+/m0/s1. The number of piperazine rings is 1. The highest BCUT2D eigenvalue weighted by Gasteiger charge is 2.56. The number of tetrazole rings is 1. The summed E-state index contributed by atoms with van der Waals surface area (Å²) in [4.78, 5) is 32.1. The monoisotopic (exact) mass is 461 g/mol. The molecule has 176 valence electrons. The van der Waals surface area contributed by atoms with Crippen LogP contribution in [-0.2, 0) is 9.59 Å². The van der Waals surface area contributed by atoms with Crippen molar-refractivity contribution >= 4 is 11.8 Å². The van der Waals surface area contributed by atoms with E-state index in [0.717, 1.165) is 30.4 Å². The number of nitrogens with two attached hydrogens (primary N) is 1. The van der Waals surface area contributed by atoms with E-state index in [9.17, 15) is 14.9 Å². The fourth-order valence-corrected chi connectivity index (χ4v) is 6.19. The molecule has 1 aliphatic carbocycles. The number of fused-ring (bicyclic) bond motifs is 3. The van der Waals surface area contributed by atoms with Crippen molar-refractivity contribution in [1.82, 2.24) is 35.3 Å². The number of aromatic nitrogens is 4. The average Bonchev–Trinajstić information content (AvgIpc) is 3.28. The second-order valence-electron chi connectivity index (χ2n) is 9.94. The number of hydrogen-bond donors (Lipinski definition) is 2. The van der Waals surface area contributed by atoms with Crippen molar-refractivity contribution in [2.24, 2.45) is 11.7 Å². The molecule has 4 fully saturated rings. The molecule has 4 aliphatic rings. The smallest absolute Gasteiger partial charge is 0.242 e. The quantitative estimate of drug-likeness (QED) is 0.613. The number of rotatable bonds is 6. The Bertz CT molecular complexity index is 1160. The third-order valence-corrected chi connectivity index (χ3v) is 7.96. The highest BCUT2D eigenvalue weighted by molar-refractivity contribution is 5.87. The molecule has 1 aromatic carbocycles. The summed E-state index contributed by atoms with van der Waals surface area (Å²) in [6.45, 7) is 3.07. The number of nitrogens with zero attached hydrogens (tertiary/aromatic N) is 7. The van der Waals surface area contributed by atoms with Crippen LogP contribution < -0.4 is 5.73 Å². The molecule has 2 amide bonds. The molecule has 7 atom stereocenters. The van der Waals surface area contributed by atoms with Crippen LogP contribution >= 0.6 is 0 Å². The van der Waals surface area contributed by atoms with E-state index in [0.29, 0.717) is 24.8 Å². The predicted octanol–water partition coefficient (Wildman–Crippen LogP) is 0.0531. The zero-order valence-electron chi connectivity index (χ0n) is 18.9. The van der Waals surface area contributed by atoms with Gasteiger partial charge in [-0.1, -0.05) is 18.2 Å². The number of likely N-dealkylation sites (tertiary alicyclic amines) is 3. The highest BCUT2D eigenvalue weighted by Crippen LogP contribution is 2.48. The zero-order valence-corrected chi connectivity index (χ0v) is 18.9. The molecule has 3 aliphatic heterocycles. The van der Waals surface area contributed by atoms with Crippen LogP contribution in [0.25, 0.3) is 11.4 Å². The van der Waals surface area contributed by atoms with E-state index >= 15 is 0 Å². The predicted molar refractivity (Wildman–Crippen MR) is 119 cm³/mol. The SMILES string of the molecule is C[C@@H](c1cccc(-c2nn[nH]n2)c1)N1C(=O)[C@H]2C[C@@H]1CN2C[C@H](N)C(=O)N1[C@H](C#N)CC2C[C@@H]21. The molecule has 1 aromatic heterocycles. The minimum Gasteiger partial charge on any atom is -0.330 e. The average molecular weight is 462 g/mol. The van der Waals surface area contributed by atoms with Crippen LogP contribution in [0.2, 0.25) is 0 Å². The molecule has 1 saturated carbocycles. The van der Waals surface area contributed by atoms with Gasteiger partial charge < -0.3 is 15.5 Å². The summed E-state index contributed by atoms with van der Waals surface area (Å²) in [5, 5.41) is 23.6. The summed E-state index contributed by atoms with van der Waals surface area (Å²) in [7, 11) is 0. The molecule has 0 spiro atoms. The van der Waals surface area contributed by atoms with Crippen LogP contribution in [0.3, 0.4) is 0 Å². The van der Waals surface area contributed by atoms with Gasteiger partial charge in [-0.05, 0) is 48.9 Å². The number of nitrogens with one attached hydrogen (secondary N) is 1. The van der Waals surface area contributed by atoms with Gasteiger partial charge in [0.1, 0.15) is 6.04 Å². The van der Waals surface area contributed by atoms with Gasteiger partial charge in [-0.2, -0.15) is 10.5 Å². The Morgan fingerprint density at radius 3 is 2.94 bits per heavy atom. The number of nitriles is 1. The molecule has 3 saturated heterocycles. The lowest BCUT2D eigenvalue weighted by Gasteiger charge is -2.38. The zero-order chi connectivity index (χ0) is 23.6. The van der Waals surface area contributed by atoms with Gasteiger partial charge in [0.05, 0.1) is 24.2 Å². The third-order valence-electron chi connectivity index (χ3n) is 7.96. The van der Waals surface area contributed by atoms with E-state index < -0.39 is 6.04 Å². The first-order valence-corrected chi connectivity index (χ1v) is 11.8. The lowest BCUT2D eigenvalue weighted by atomic mass is 10.0. The van der Waals surface area contributed by atoms with E-state index in [1.807, 2.05) is 36.1 Å². The lowest BCUT2D eigenvalue weighted by molar-refractivity contribution is -0.141. The summed E-state index contributed by atoms with van der Waals surface area (Å²) in [6, 6.07) is 8.92. The third kappa shape index (κ3) is 3.28. The first-order valence-electron chi connectivity index (χ1n) is 11.8. The maximum Gasteiger partial charge on any atom is 0.242 e. The van der Waals surface area contributed by atoms with E-state index in [4.69, 9.17) is 5.73 Å². The van der Waals surface area contributed by atoms with E-state index in [-0.39, 0.29) is 42.0 Å². The largest absolute Gasteiger partial charge is 0.330 e. The number of piperidine rings is 1. The molecule has 11 nitrogen and oxygen atoms in total. The maximum atomic E-state index is 13.3. The topological polar surface area (TPSA) is 148 Å². The molecule has 34 heavy (non-hydrogen) atoms. The van der Waals surface area contributed by atoms with Crippen LogP contribution in [-0.4, -0.2) is 90.4 Å². The van der Waals surface area contributed by atoms with Gasteiger partial charge in [-0.15, -0.1) is 10.2 Å². The van der Waals surface area contributed by atoms with Crippen molar-refractivity contribution < 1.29 is 9.59 Å². The molecule has 6 rings (SSSR count). The van der Waals surface area contributed by atoms with E-state index in [1.54, 1.807) is 4.90 Å². The number of hydrogen-bond acceptors (Lipinski definition) is 8. The molecule has 2 aromatic rings. The van der Waals surface area contributed by atoms with Crippen molar-refractivity contribution in [3.63, 3.8) is 0 Å². The van der Waals surface area contributed by atoms with Crippen LogP contribution in [0.5, 0.6) is 0 Å². The fourth-order valence-electron chi connectivity index (χ4n) is 6.19. The summed E-state index contributed by atoms with van der Waals surface area (Å²) < 4.78 is 0. The minimum absolute atomic E-state index is 0.0756. The van der Waals surface area contributed by atoms with Crippen molar-refractivity contribution in [3.05, 3.63) is 29.8 Å². The van der Waals surface area contributed by atoms with Crippen LogP contribution in [0.4, 0.5) is 0 Å². The molecule has 0 radical (unpaired) electrons. The number of benzene rings is 1. The van der Waals surface area contributed by atoms with Gasteiger partial charge in [0, 0.05) is 30.7 Å². The first-order chi connectivity index (χ1) is 16.5. The van der Waals surface area contributed by atoms with Gasteiger partial charge in [0.15, 0.2) is 0 Å². The molecule has 4 heterocycles. The second-order valence-corrected chi connectivity index (χ2v) is 9.94.